The first kappa shape index (κ1) is 16.7. The lowest BCUT2D eigenvalue weighted by molar-refractivity contribution is -0.131. The van der Waals surface area contributed by atoms with Crippen LogP contribution in [0.1, 0.15) is 56.3 Å². The van der Waals surface area contributed by atoms with Crippen LogP contribution >= 0.6 is 0 Å². The van der Waals surface area contributed by atoms with Crippen molar-refractivity contribution in [3.63, 3.8) is 0 Å². The van der Waals surface area contributed by atoms with E-state index in [0.29, 0.717) is 37.1 Å². The maximum absolute atomic E-state index is 13.2. The number of piperidine rings is 1. The third-order valence-electron chi connectivity index (χ3n) is 5.20. The average Bonchev–Trinajstić information content (AvgIpc) is 2.71. The number of amides is 3. The summed E-state index contributed by atoms with van der Waals surface area (Å²) in [5, 5.41) is 0. The molecule has 0 aromatic heterocycles. The normalized spacial score (nSPS) is 20.7. The van der Waals surface area contributed by atoms with Gasteiger partial charge in [0.25, 0.3) is 11.8 Å². The Balaban J connectivity index is 2.12. The van der Waals surface area contributed by atoms with Gasteiger partial charge in [-0.3, -0.25) is 14.4 Å². The van der Waals surface area contributed by atoms with Crippen molar-refractivity contribution in [2.75, 3.05) is 11.4 Å². The van der Waals surface area contributed by atoms with E-state index in [2.05, 4.69) is 0 Å². The molecule has 3 amide bonds. The van der Waals surface area contributed by atoms with Gasteiger partial charge in [0, 0.05) is 12.5 Å². The highest BCUT2D eigenvalue weighted by atomic mass is 16.2. The Morgan fingerprint density at radius 1 is 1.17 bits per heavy atom. The Hall–Kier alpha value is -2.17. The standard InChI is InChI=1S/C19H24N2O3/c1-3-13(4-2)17(22)21-15-10-6-5-9-14(15)18(23)20-12-8-7-11-16(20)19(21)24/h5-6,9-10,13,16H,3-4,7-8,11-12H2,1-2H3/t16-/m1/s1. The molecule has 1 aromatic rings. The number of nitrogens with zero attached hydrogens (tertiary/aromatic N) is 2. The molecule has 128 valence electrons. The number of para-hydroxylation sites is 1. The van der Waals surface area contributed by atoms with Crippen LogP contribution in [-0.2, 0) is 9.59 Å². The van der Waals surface area contributed by atoms with E-state index < -0.39 is 6.04 Å². The fourth-order valence-corrected chi connectivity index (χ4v) is 3.75. The largest absolute Gasteiger partial charge is 0.327 e. The fraction of sp³-hybridized carbons (Fsp3) is 0.526. The topological polar surface area (TPSA) is 57.7 Å². The van der Waals surface area contributed by atoms with Crippen LogP contribution in [-0.4, -0.2) is 35.2 Å². The summed E-state index contributed by atoms with van der Waals surface area (Å²) in [5.74, 6) is -0.765. The molecule has 1 atom stereocenters. The molecule has 2 aliphatic rings. The summed E-state index contributed by atoms with van der Waals surface area (Å²) < 4.78 is 0. The lowest BCUT2D eigenvalue weighted by atomic mass is 9.98. The number of carbonyl (C=O) groups is 3. The van der Waals surface area contributed by atoms with Gasteiger partial charge in [0.15, 0.2) is 0 Å². The quantitative estimate of drug-likeness (QED) is 0.857. The molecule has 0 spiro atoms. The van der Waals surface area contributed by atoms with Crippen LogP contribution in [0.5, 0.6) is 0 Å². The number of hydrogen-bond acceptors (Lipinski definition) is 3. The SMILES string of the molecule is CCC(CC)C(=O)N1C(=O)[C@H]2CCCCN2C(=O)c2ccccc21. The predicted octanol–water partition coefficient (Wildman–Crippen LogP) is 2.99. The van der Waals surface area contributed by atoms with Crippen molar-refractivity contribution in [2.45, 2.75) is 52.0 Å². The van der Waals surface area contributed by atoms with E-state index in [1.54, 1.807) is 29.2 Å². The number of imide groups is 1. The van der Waals surface area contributed by atoms with Crippen LogP contribution in [0.25, 0.3) is 0 Å². The van der Waals surface area contributed by atoms with Crippen molar-refractivity contribution in [1.82, 2.24) is 4.90 Å². The molecule has 0 bridgehead atoms. The molecule has 0 radical (unpaired) electrons. The molecular weight excluding hydrogens is 304 g/mol. The second-order valence-corrected chi connectivity index (χ2v) is 6.55. The van der Waals surface area contributed by atoms with E-state index in [9.17, 15) is 14.4 Å². The van der Waals surface area contributed by atoms with Gasteiger partial charge in [-0.2, -0.15) is 0 Å². The third kappa shape index (κ3) is 2.62. The maximum atomic E-state index is 13.2. The van der Waals surface area contributed by atoms with Gasteiger partial charge >= 0.3 is 0 Å². The van der Waals surface area contributed by atoms with Crippen molar-refractivity contribution in [3.05, 3.63) is 29.8 Å². The summed E-state index contributed by atoms with van der Waals surface area (Å²) in [6.45, 7) is 4.49. The molecule has 3 rings (SSSR count). The van der Waals surface area contributed by atoms with E-state index >= 15 is 0 Å². The van der Waals surface area contributed by atoms with E-state index in [0.717, 1.165) is 12.8 Å². The minimum atomic E-state index is -0.517. The van der Waals surface area contributed by atoms with Crippen LogP contribution in [0, 0.1) is 5.92 Å². The highest BCUT2D eigenvalue weighted by molar-refractivity contribution is 6.22. The van der Waals surface area contributed by atoms with E-state index in [1.165, 1.54) is 4.90 Å². The number of benzene rings is 1. The van der Waals surface area contributed by atoms with Crippen LogP contribution in [0.3, 0.4) is 0 Å². The first-order valence-electron chi connectivity index (χ1n) is 8.87. The van der Waals surface area contributed by atoms with E-state index in [1.807, 2.05) is 13.8 Å². The molecule has 5 nitrogen and oxygen atoms in total. The highest BCUT2D eigenvalue weighted by Gasteiger charge is 2.43. The molecule has 0 N–H and O–H groups in total. The Kier molecular flexibility index (Phi) is 4.69. The van der Waals surface area contributed by atoms with Crippen molar-refractivity contribution >= 4 is 23.4 Å². The van der Waals surface area contributed by atoms with Gasteiger partial charge in [-0.1, -0.05) is 26.0 Å². The van der Waals surface area contributed by atoms with Crippen LogP contribution in [0.2, 0.25) is 0 Å². The number of fused-ring (bicyclic) bond motifs is 2. The average molecular weight is 328 g/mol. The number of carbonyl (C=O) groups excluding carboxylic acids is 3. The smallest absolute Gasteiger partial charge is 0.256 e. The molecule has 1 saturated heterocycles. The number of rotatable bonds is 3. The van der Waals surface area contributed by atoms with Gasteiger partial charge in [0.05, 0.1) is 11.3 Å². The molecule has 24 heavy (non-hydrogen) atoms. The van der Waals surface area contributed by atoms with E-state index in [4.69, 9.17) is 0 Å². The highest BCUT2D eigenvalue weighted by Crippen LogP contribution is 2.33. The first-order chi connectivity index (χ1) is 11.6. The Morgan fingerprint density at radius 2 is 1.88 bits per heavy atom. The van der Waals surface area contributed by atoms with Crippen molar-refractivity contribution in [1.29, 1.82) is 0 Å². The second-order valence-electron chi connectivity index (χ2n) is 6.55. The lowest BCUT2D eigenvalue weighted by Crippen LogP contribution is -2.53. The molecule has 0 aliphatic carbocycles. The van der Waals surface area contributed by atoms with Gasteiger partial charge in [-0.25, -0.2) is 4.90 Å². The lowest BCUT2D eigenvalue weighted by Gasteiger charge is -2.34. The third-order valence-corrected chi connectivity index (χ3v) is 5.20. The van der Waals surface area contributed by atoms with Crippen LogP contribution in [0.4, 0.5) is 5.69 Å². The van der Waals surface area contributed by atoms with Gasteiger partial charge in [-0.05, 0) is 44.2 Å². The fourth-order valence-electron chi connectivity index (χ4n) is 3.75. The molecule has 5 heteroatoms. The molecule has 2 heterocycles. The first-order valence-corrected chi connectivity index (χ1v) is 8.87. The zero-order valence-corrected chi connectivity index (χ0v) is 14.3. The Morgan fingerprint density at radius 3 is 2.58 bits per heavy atom. The molecule has 1 fully saturated rings. The van der Waals surface area contributed by atoms with Gasteiger partial charge in [0.2, 0.25) is 5.91 Å². The maximum Gasteiger partial charge on any atom is 0.256 e. The van der Waals surface area contributed by atoms with E-state index in [-0.39, 0.29) is 23.6 Å². The molecular formula is C19H24N2O3. The molecule has 2 aliphatic heterocycles. The minimum Gasteiger partial charge on any atom is -0.327 e. The summed E-state index contributed by atoms with van der Waals surface area (Å²) in [6, 6.07) is 6.47. The minimum absolute atomic E-state index is 0.136. The van der Waals surface area contributed by atoms with Crippen molar-refractivity contribution < 1.29 is 14.4 Å². The molecule has 0 unspecified atom stereocenters. The summed E-state index contributed by atoms with van der Waals surface area (Å²) in [5.41, 5.74) is 0.897. The Labute approximate surface area is 142 Å². The summed E-state index contributed by atoms with van der Waals surface area (Å²) in [7, 11) is 0. The zero-order valence-electron chi connectivity index (χ0n) is 14.3. The second kappa shape index (κ2) is 6.75. The monoisotopic (exact) mass is 328 g/mol. The summed E-state index contributed by atoms with van der Waals surface area (Å²) >= 11 is 0. The summed E-state index contributed by atoms with van der Waals surface area (Å²) in [4.78, 5) is 42.1. The van der Waals surface area contributed by atoms with Crippen LogP contribution < -0.4 is 4.90 Å². The number of anilines is 1. The predicted molar refractivity (Wildman–Crippen MR) is 91.7 cm³/mol. The van der Waals surface area contributed by atoms with Gasteiger partial charge in [-0.15, -0.1) is 0 Å². The summed E-state index contributed by atoms with van der Waals surface area (Å²) in [6.07, 6.45) is 3.81. The van der Waals surface area contributed by atoms with Crippen molar-refractivity contribution in [3.8, 4) is 0 Å². The van der Waals surface area contributed by atoms with Crippen LogP contribution in [0.15, 0.2) is 24.3 Å². The van der Waals surface area contributed by atoms with Gasteiger partial charge < -0.3 is 4.90 Å². The molecule has 0 saturated carbocycles. The Bertz CT molecular complexity index is 666. The van der Waals surface area contributed by atoms with Crippen molar-refractivity contribution in [2.24, 2.45) is 5.92 Å². The zero-order chi connectivity index (χ0) is 17.3. The van der Waals surface area contributed by atoms with Gasteiger partial charge in [0.1, 0.15) is 6.04 Å². The number of hydrogen-bond donors (Lipinski definition) is 0. The molecule has 1 aromatic carbocycles.